The van der Waals surface area contributed by atoms with E-state index in [9.17, 15) is 4.79 Å². The van der Waals surface area contributed by atoms with Crippen LogP contribution in [0.2, 0.25) is 0 Å². The second kappa shape index (κ2) is 6.10. The van der Waals surface area contributed by atoms with Gasteiger partial charge in [-0.3, -0.25) is 4.79 Å². The predicted octanol–water partition coefficient (Wildman–Crippen LogP) is 3.30. The van der Waals surface area contributed by atoms with Crippen LogP contribution in [0.1, 0.15) is 24.2 Å². The van der Waals surface area contributed by atoms with E-state index in [0.717, 1.165) is 22.6 Å². The number of carbonyl (C=O) groups excluding carboxylic acids is 1. The summed E-state index contributed by atoms with van der Waals surface area (Å²) >= 11 is 0. The van der Waals surface area contributed by atoms with Crippen molar-refractivity contribution in [2.75, 3.05) is 7.11 Å². The van der Waals surface area contributed by atoms with Crippen molar-refractivity contribution in [1.29, 1.82) is 0 Å². The van der Waals surface area contributed by atoms with E-state index in [1.165, 1.54) is 6.92 Å². The molecular weight excluding hydrogens is 280 g/mol. The van der Waals surface area contributed by atoms with Crippen molar-refractivity contribution >= 4 is 5.97 Å². The summed E-state index contributed by atoms with van der Waals surface area (Å²) in [7, 11) is 1.63. The second-order valence-electron chi connectivity index (χ2n) is 5.27. The van der Waals surface area contributed by atoms with Gasteiger partial charge in [0.2, 0.25) is 0 Å². The minimum absolute atomic E-state index is 0.300. The SMILES string of the molecule is COc1ccc([C@@H]2Oc3ccccc3C[C@H]2OC(C)=O)cc1. The van der Waals surface area contributed by atoms with Gasteiger partial charge in [0.1, 0.15) is 17.6 Å². The zero-order valence-corrected chi connectivity index (χ0v) is 12.6. The van der Waals surface area contributed by atoms with Crippen LogP contribution >= 0.6 is 0 Å². The quantitative estimate of drug-likeness (QED) is 0.816. The summed E-state index contributed by atoms with van der Waals surface area (Å²) in [6.07, 6.45) is -0.00240. The molecule has 1 aliphatic rings. The number of carbonyl (C=O) groups is 1. The average Bonchev–Trinajstić information content (AvgIpc) is 2.54. The first-order chi connectivity index (χ1) is 10.7. The first-order valence-corrected chi connectivity index (χ1v) is 7.23. The molecule has 3 rings (SSSR count). The zero-order valence-electron chi connectivity index (χ0n) is 12.6. The van der Waals surface area contributed by atoms with Gasteiger partial charge < -0.3 is 14.2 Å². The van der Waals surface area contributed by atoms with Gasteiger partial charge in [0.15, 0.2) is 6.10 Å². The summed E-state index contributed by atoms with van der Waals surface area (Å²) < 4.78 is 16.7. The number of esters is 1. The molecule has 0 fully saturated rings. The number of rotatable bonds is 3. The van der Waals surface area contributed by atoms with Gasteiger partial charge >= 0.3 is 5.97 Å². The largest absolute Gasteiger partial charge is 0.497 e. The van der Waals surface area contributed by atoms with E-state index in [1.54, 1.807) is 7.11 Å². The summed E-state index contributed by atoms with van der Waals surface area (Å²) in [6, 6.07) is 15.5. The summed E-state index contributed by atoms with van der Waals surface area (Å²) in [4.78, 5) is 11.4. The Morgan fingerprint density at radius 3 is 2.55 bits per heavy atom. The van der Waals surface area contributed by atoms with E-state index in [0.29, 0.717) is 6.42 Å². The van der Waals surface area contributed by atoms with Crippen molar-refractivity contribution in [2.24, 2.45) is 0 Å². The molecule has 0 aliphatic carbocycles. The average molecular weight is 298 g/mol. The lowest BCUT2D eigenvalue weighted by Crippen LogP contribution is -2.34. The van der Waals surface area contributed by atoms with Crippen LogP contribution < -0.4 is 9.47 Å². The van der Waals surface area contributed by atoms with E-state index in [1.807, 2.05) is 48.5 Å². The highest BCUT2D eigenvalue weighted by Gasteiger charge is 2.33. The third-order valence-electron chi connectivity index (χ3n) is 3.75. The standard InChI is InChI=1S/C18H18O4/c1-12(19)21-17-11-14-5-3-4-6-16(14)22-18(17)13-7-9-15(20-2)10-8-13/h3-10,17-18H,11H2,1-2H3/t17-,18+/m1/s1. The Labute approximate surface area is 129 Å². The highest BCUT2D eigenvalue weighted by atomic mass is 16.6. The van der Waals surface area contributed by atoms with Gasteiger partial charge in [-0.05, 0) is 29.3 Å². The van der Waals surface area contributed by atoms with Crippen molar-refractivity contribution in [1.82, 2.24) is 0 Å². The number of ether oxygens (including phenoxy) is 3. The number of hydrogen-bond donors (Lipinski definition) is 0. The summed E-state index contributed by atoms with van der Waals surface area (Å²) in [6.45, 7) is 1.42. The highest BCUT2D eigenvalue weighted by molar-refractivity contribution is 5.66. The van der Waals surface area contributed by atoms with Gasteiger partial charge in [-0.1, -0.05) is 30.3 Å². The molecule has 0 spiro atoms. The van der Waals surface area contributed by atoms with E-state index >= 15 is 0 Å². The molecule has 0 saturated heterocycles. The maximum absolute atomic E-state index is 11.4. The molecule has 0 bridgehead atoms. The smallest absolute Gasteiger partial charge is 0.303 e. The monoisotopic (exact) mass is 298 g/mol. The van der Waals surface area contributed by atoms with Gasteiger partial charge in [0.25, 0.3) is 0 Å². The first kappa shape index (κ1) is 14.4. The Hall–Kier alpha value is -2.49. The summed E-state index contributed by atoms with van der Waals surface area (Å²) in [5.41, 5.74) is 2.01. The van der Waals surface area contributed by atoms with Crippen LogP contribution in [0, 0.1) is 0 Å². The minimum Gasteiger partial charge on any atom is -0.497 e. The molecule has 1 aliphatic heterocycles. The minimum atomic E-state index is -0.333. The van der Waals surface area contributed by atoms with Gasteiger partial charge in [0, 0.05) is 13.3 Å². The van der Waals surface area contributed by atoms with Crippen LogP contribution in [-0.4, -0.2) is 19.2 Å². The van der Waals surface area contributed by atoms with E-state index in [4.69, 9.17) is 14.2 Å². The van der Waals surface area contributed by atoms with Crippen molar-refractivity contribution < 1.29 is 19.0 Å². The van der Waals surface area contributed by atoms with Gasteiger partial charge in [-0.25, -0.2) is 0 Å². The maximum atomic E-state index is 11.4. The molecule has 22 heavy (non-hydrogen) atoms. The fourth-order valence-electron chi connectivity index (χ4n) is 2.72. The lowest BCUT2D eigenvalue weighted by atomic mass is 9.94. The Morgan fingerprint density at radius 1 is 1.14 bits per heavy atom. The Kier molecular flexibility index (Phi) is 4.00. The molecule has 0 N–H and O–H groups in total. The van der Waals surface area contributed by atoms with Gasteiger partial charge in [-0.2, -0.15) is 0 Å². The van der Waals surface area contributed by atoms with Crippen LogP contribution in [-0.2, 0) is 16.0 Å². The zero-order chi connectivity index (χ0) is 15.5. The van der Waals surface area contributed by atoms with Crippen molar-refractivity contribution in [3.8, 4) is 11.5 Å². The number of para-hydroxylation sites is 1. The van der Waals surface area contributed by atoms with Crippen molar-refractivity contribution in [3.05, 3.63) is 59.7 Å². The third-order valence-corrected chi connectivity index (χ3v) is 3.75. The van der Waals surface area contributed by atoms with E-state index in [2.05, 4.69) is 0 Å². The molecule has 114 valence electrons. The number of methoxy groups -OCH3 is 1. The molecule has 1 heterocycles. The molecule has 0 amide bonds. The fraction of sp³-hybridized carbons (Fsp3) is 0.278. The lowest BCUT2D eigenvalue weighted by molar-refractivity contribution is -0.152. The summed E-state index contributed by atoms with van der Waals surface area (Å²) in [5.74, 6) is 1.32. The van der Waals surface area contributed by atoms with Crippen LogP contribution in [0.25, 0.3) is 0 Å². The third kappa shape index (κ3) is 2.91. The van der Waals surface area contributed by atoms with Crippen LogP contribution in [0.3, 0.4) is 0 Å². The fourth-order valence-corrected chi connectivity index (χ4v) is 2.72. The van der Waals surface area contributed by atoms with E-state index in [-0.39, 0.29) is 18.2 Å². The Balaban J connectivity index is 1.93. The second-order valence-corrected chi connectivity index (χ2v) is 5.27. The highest BCUT2D eigenvalue weighted by Crippen LogP contribution is 2.36. The van der Waals surface area contributed by atoms with Crippen molar-refractivity contribution in [2.45, 2.75) is 25.6 Å². The Morgan fingerprint density at radius 2 is 1.86 bits per heavy atom. The van der Waals surface area contributed by atoms with Crippen LogP contribution in [0.15, 0.2) is 48.5 Å². The molecule has 0 unspecified atom stereocenters. The number of fused-ring (bicyclic) bond motifs is 1. The molecular formula is C18H18O4. The number of benzene rings is 2. The molecule has 0 radical (unpaired) electrons. The molecule has 2 aromatic rings. The summed E-state index contributed by atoms with van der Waals surface area (Å²) in [5, 5.41) is 0. The normalized spacial score (nSPS) is 19.7. The maximum Gasteiger partial charge on any atom is 0.303 e. The number of hydrogen-bond acceptors (Lipinski definition) is 4. The molecule has 0 saturated carbocycles. The Bertz CT molecular complexity index is 663. The predicted molar refractivity (Wildman–Crippen MR) is 82.1 cm³/mol. The lowest BCUT2D eigenvalue weighted by Gasteiger charge is -2.33. The first-order valence-electron chi connectivity index (χ1n) is 7.23. The van der Waals surface area contributed by atoms with Crippen LogP contribution in [0.5, 0.6) is 11.5 Å². The molecule has 2 atom stereocenters. The molecule has 4 heteroatoms. The van der Waals surface area contributed by atoms with Crippen LogP contribution in [0.4, 0.5) is 0 Å². The van der Waals surface area contributed by atoms with E-state index < -0.39 is 0 Å². The van der Waals surface area contributed by atoms with Gasteiger partial charge in [-0.15, -0.1) is 0 Å². The van der Waals surface area contributed by atoms with Gasteiger partial charge in [0.05, 0.1) is 7.11 Å². The topological polar surface area (TPSA) is 44.8 Å². The molecule has 0 aromatic heterocycles. The van der Waals surface area contributed by atoms with Crippen molar-refractivity contribution in [3.63, 3.8) is 0 Å². The molecule has 4 nitrogen and oxygen atoms in total. The molecule has 2 aromatic carbocycles.